The zero-order valence-corrected chi connectivity index (χ0v) is 14.0. The van der Waals surface area contributed by atoms with Gasteiger partial charge in [0.15, 0.2) is 11.9 Å². The third-order valence-electron chi connectivity index (χ3n) is 3.77. The van der Waals surface area contributed by atoms with Crippen LogP contribution in [0.2, 0.25) is 0 Å². The summed E-state index contributed by atoms with van der Waals surface area (Å²) in [6.07, 6.45) is 0.272. The fourth-order valence-electron chi connectivity index (χ4n) is 2.42. The Hall–Kier alpha value is -3.87. The Morgan fingerprint density at radius 3 is 2.15 bits per heavy atom. The third kappa shape index (κ3) is 4.40. The number of nitrogens with one attached hydrogen (secondary N) is 2. The van der Waals surface area contributed by atoms with Crippen LogP contribution in [0.3, 0.4) is 0 Å². The van der Waals surface area contributed by atoms with Crippen LogP contribution < -0.4 is 15.7 Å². The van der Waals surface area contributed by atoms with Crippen molar-refractivity contribution in [1.29, 1.82) is 0 Å². The van der Waals surface area contributed by atoms with Crippen LogP contribution in [0.25, 0.3) is 0 Å². The Morgan fingerprint density at radius 1 is 0.852 bits per heavy atom. The average molecular weight is 363 g/mol. The van der Waals surface area contributed by atoms with E-state index >= 15 is 0 Å². The molecule has 0 spiro atoms. The lowest BCUT2D eigenvalue weighted by Gasteiger charge is -2.20. The number of carboxylic acids is 1. The van der Waals surface area contributed by atoms with E-state index in [0.29, 0.717) is 11.3 Å². The number of furan rings is 1. The number of carbonyl (C=O) groups is 3. The van der Waals surface area contributed by atoms with Crippen molar-refractivity contribution in [2.75, 3.05) is 5.32 Å². The molecule has 0 radical (unpaired) electrons. The van der Waals surface area contributed by atoms with E-state index in [0.717, 1.165) is 0 Å². The highest BCUT2D eigenvalue weighted by Gasteiger charge is 2.23. The summed E-state index contributed by atoms with van der Waals surface area (Å²) in [5, 5.41) is 16.3. The summed E-state index contributed by atoms with van der Waals surface area (Å²) in [5.74, 6) is -2.16. The van der Waals surface area contributed by atoms with Gasteiger partial charge in [-0.15, -0.1) is 0 Å². The number of carbonyl (C=O) groups excluding carboxylic acids is 3. The minimum absolute atomic E-state index is 0.00565. The number of rotatable bonds is 7. The van der Waals surface area contributed by atoms with Gasteiger partial charge >= 0.3 is 0 Å². The van der Waals surface area contributed by atoms with Gasteiger partial charge in [-0.05, 0) is 29.8 Å². The van der Waals surface area contributed by atoms with Crippen molar-refractivity contribution in [3.8, 4) is 0 Å². The van der Waals surface area contributed by atoms with E-state index in [1.54, 1.807) is 36.4 Å². The lowest BCUT2D eigenvalue weighted by atomic mass is 10.1. The number of ketones is 1. The van der Waals surface area contributed by atoms with Crippen molar-refractivity contribution in [2.24, 2.45) is 0 Å². The molecule has 2 aromatic carbocycles. The lowest BCUT2D eigenvalue weighted by Crippen LogP contribution is -2.46. The molecule has 0 unspecified atom stereocenters. The normalized spacial score (nSPS) is 11.4. The SMILES string of the molecule is O=C([O-])c1ccc(N[C@@H](NC(=O)c2ccco2)C(=O)c2ccccc2)cc1. The number of benzene rings is 2. The summed E-state index contributed by atoms with van der Waals surface area (Å²) in [4.78, 5) is 36.0. The van der Waals surface area contributed by atoms with E-state index in [2.05, 4.69) is 10.6 Å². The fraction of sp³-hybridized carbons (Fsp3) is 0.0500. The standard InChI is InChI=1S/C20H16N2O5/c23-17(13-5-2-1-3-6-13)18(22-19(24)16-7-4-12-27-16)21-15-10-8-14(9-11-15)20(25)26/h1-12,18,21H,(H,22,24)(H,25,26)/p-1/t18-/m0/s1. The van der Waals surface area contributed by atoms with Crippen LogP contribution in [-0.4, -0.2) is 23.8 Å². The molecule has 3 rings (SSSR count). The highest BCUT2D eigenvalue weighted by atomic mass is 16.4. The third-order valence-corrected chi connectivity index (χ3v) is 3.77. The summed E-state index contributed by atoms with van der Waals surface area (Å²) in [6.45, 7) is 0. The second kappa shape index (κ2) is 8.01. The zero-order valence-electron chi connectivity index (χ0n) is 14.0. The van der Waals surface area contributed by atoms with Crippen molar-refractivity contribution in [3.05, 3.63) is 89.9 Å². The van der Waals surface area contributed by atoms with E-state index < -0.39 is 18.0 Å². The van der Waals surface area contributed by atoms with Crippen LogP contribution in [0.15, 0.2) is 77.4 Å². The van der Waals surface area contributed by atoms with Gasteiger partial charge in [-0.1, -0.05) is 42.5 Å². The van der Waals surface area contributed by atoms with E-state index in [1.165, 1.54) is 36.6 Å². The smallest absolute Gasteiger partial charge is 0.288 e. The van der Waals surface area contributed by atoms with Gasteiger partial charge in [-0.3, -0.25) is 9.59 Å². The topological polar surface area (TPSA) is 111 Å². The van der Waals surface area contributed by atoms with E-state index in [1.807, 2.05) is 0 Å². The summed E-state index contributed by atoms with van der Waals surface area (Å²) < 4.78 is 5.05. The van der Waals surface area contributed by atoms with Crippen LogP contribution in [0, 0.1) is 0 Å². The minimum Gasteiger partial charge on any atom is -0.545 e. The first kappa shape index (κ1) is 17.9. The van der Waals surface area contributed by atoms with Gasteiger partial charge in [0.2, 0.25) is 5.78 Å². The fourth-order valence-corrected chi connectivity index (χ4v) is 2.42. The Kier molecular flexibility index (Phi) is 5.32. The van der Waals surface area contributed by atoms with Crippen molar-refractivity contribution in [2.45, 2.75) is 6.17 Å². The molecule has 0 aliphatic carbocycles. The van der Waals surface area contributed by atoms with Crippen molar-refractivity contribution < 1.29 is 23.9 Å². The van der Waals surface area contributed by atoms with Gasteiger partial charge in [-0.2, -0.15) is 0 Å². The van der Waals surface area contributed by atoms with E-state index in [4.69, 9.17) is 4.42 Å². The molecule has 0 saturated carbocycles. The second-order valence-corrected chi connectivity index (χ2v) is 5.62. The molecule has 27 heavy (non-hydrogen) atoms. The minimum atomic E-state index is -1.30. The maximum absolute atomic E-state index is 12.8. The van der Waals surface area contributed by atoms with Crippen LogP contribution in [0.4, 0.5) is 5.69 Å². The molecular formula is C20H15N2O5-. The molecule has 0 saturated heterocycles. The molecule has 1 heterocycles. The molecule has 0 bridgehead atoms. The molecule has 0 aliphatic heterocycles. The quantitative estimate of drug-likeness (QED) is 0.488. The molecule has 7 nitrogen and oxygen atoms in total. The number of Topliss-reactive ketones (excluding diaryl/α,β-unsaturated/α-hetero) is 1. The highest BCUT2D eigenvalue weighted by molar-refractivity contribution is 6.04. The molecule has 0 aliphatic rings. The average Bonchev–Trinajstić information content (AvgIpc) is 3.23. The summed E-state index contributed by atoms with van der Waals surface area (Å²) >= 11 is 0. The molecule has 7 heteroatoms. The first-order chi connectivity index (χ1) is 13.0. The molecule has 136 valence electrons. The number of hydrogen-bond acceptors (Lipinski definition) is 6. The molecule has 1 aromatic heterocycles. The lowest BCUT2D eigenvalue weighted by molar-refractivity contribution is -0.255. The van der Waals surface area contributed by atoms with Gasteiger partial charge in [0.1, 0.15) is 0 Å². The number of hydrogen-bond donors (Lipinski definition) is 2. The van der Waals surface area contributed by atoms with Crippen LogP contribution in [-0.2, 0) is 0 Å². The van der Waals surface area contributed by atoms with E-state index in [-0.39, 0.29) is 17.1 Å². The van der Waals surface area contributed by atoms with Gasteiger partial charge in [0.05, 0.1) is 12.2 Å². The van der Waals surface area contributed by atoms with Gasteiger partial charge in [0.25, 0.3) is 5.91 Å². The van der Waals surface area contributed by atoms with Crippen molar-refractivity contribution in [1.82, 2.24) is 5.32 Å². The Balaban J connectivity index is 1.83. The molecule has 1 amide bonds. The van der Waals surface area contributed by atoms with E-state index in [9.17, 15) is 19.5 Å². The summed E-state index contributed by atoms with van der Waals surface area (Å²) in [7, 11) is 0. The Morgan fingerprint density at radius 2 is 1.56 bits per heavy atom. The maximum Gasteiger partial charge on any atom is 0.288 e. The molecule has 0 fully saturated rings. The van der Waals surface area contributed by atoms with Gasteiger partial charge in [-0.25, -0.2) is 0 Å². The Labute approximate surface area is 154 Å². The van der Waals surface area contributed by atoms with Crippen molar-refractivity contribution in [3.63, 3.8) is 0 Å². The van der Waals surface area contributed by atoms with Gasteiger partial charge < -0.3 is 25.0 Å². The monoisotopic (exact) mass is 363 g/mol. The predicted molar refractivity (Wildman–Crippen MR) is 95.1 cm³/mol. The molecule has 3 aromatic rings. The number of amides is 1. The Bertz CT molecular complexity index is 934. The summed E-state index contributed by atoms with van der Waals surface area (Å²) in [6, 6.07) is 17.2. The molecule has 2 N–H and O–H groups in total. The maximum atomic E-state index is 12.8. The number of carboxylic acid groups (broad SMARTS) is 1. The first-order valence-electron chi connectivity index (χ1n) is 8.06. The second-order valence-electron chi connectivity index (χ2n) is 5.62. The summed E-state index contributed by atoms with van der Waals surface area (Å²) in [5.41, 5.74) is 0.862. The first-order valence-corrected chi connectivity index (χ1v) is 8.06. The largest absolute Gasteiger partial charge is 0.545 e. The number of aromatic carboxylic acids is 1. The van der Waals surface area contributed by atoms with Gasteiger partial charge in [0, 0.05) is 11.3 Å². The van der Waals surface area contributed by atoms with Crippen LogP contribution in [0.5, 0.6) is 0 Å². The number of anilines is 1. The van der Waals surface area contributed by atoms with Crippen LogP contribution >= 0.6 is 0 Å². The zero-order chi connectivity index (χ0) is 19.2. The highest BCUT2D eigenvalue weighted by Crippen LogP contribution is 2.13. The molecular weight excluding hydrogens is 348 g/mol. The molecule has 1 atom stereocenters. The predicted octanol–water partition coefficient (Wildman–Crippen LogP) is 1.69. The van der Waals surface area contributed by atoms with Crippen molar-refractivity contribution >= 4 is 23.3 Å². The van der Waals surface area contributed by atoms with Crippen LogP contribution in [0.1, 0.15) is 31.3 Å².